The van der Waals surface area contributed by atoms with Gasteiger partial charge in [0.2, 0.25) is 5.91 Å². The van der Waals surface area contributed by atoms with Gasteiger partial charge in [-0.05, 0) is 18.4 Å². The molecule has 0 atom stereocenters. The normalized spacial score (nSPS) is 11.4. The molecule has 0 radical (unpaired) electrons. The van der Waals surface area contributed by atoms with Crippen LogP contribution in [0.5, 0.6) is 0 Å². The standard InChI is InChI=1S/C17H26N2O/c1-3-5-6-7-11-14-17(20)19-18-16(4-2)15-12-9-8-10-13-15/h8-10,12-13H,3-7,11,14H2,1-2H3,(H,19,20)/b18-16-. The first-order valence-electron chi connectivity index (χ1n) is 7.68. The third-order valence-corrected chi connectivity index (χ3v) is 3.26. The first kappa shape index (κ1) is 16.4. The molecule has 3 heteroatoms. The van der Waals surface area contributed by atoms with E-state index in [1.54, 1.807) is 0 Å². The average molecular weight is 274 g/mol. The zero-order valence-corrected chi connectivity index (χ0v) is 12.7. The van der Waals surface area contributed by atoms with Gasteiger partial charge in [0.1, 0.15) is 0 Å². The molecule has 0 aromatic heterocycles. The molecule has 1 aromatic carbocycles. The highest BCUT2D eigenvalue weighted by Crippen LogP contribution is 2.06. The van der Waals surface area contributed by atoms with Crippen LogP contribution in [0.2, 0.25) is 0 Å². The summed E-state index contributed by atoms with van der Waals surface area (Å²) >= 11 is 0. The lowest BCUT2D eigenvalue weighted by Crippen LogP contribution is -2.19. The Morgan fingerprint density at radius 2 is 1.75 bits per heavy atom. The van der Waals surface area contributed by atoms with Gasteiger partial charge in [0.05, 0.1) is 5.71 Å². The lowest BCUT2D eigenvalue weighted by Gasteiger charge is -2.05. The van der Waals surface area contributed by atoms with Crippen LogP contribution >= 0.6 is 0 Å². The molecule has 1 amide bonds. The summed E-state index contributed by atoms with van der Waals surface area (Å²) in [5.74, 6) is 0.0170. The Hall–Kier alpha value is -1.64. The van der Waals surface area contributed by atoms with Crippen molar-refractivity contribution in [3.05, 3.63) is 35.9 Å². The summed E-state index contributed by atoms with van der Waals surface area (Å²) in [5, 5.41) is 4.24. The number of hydrogen-bond acceptors (Lipinski definition) is 2. The third kappa shape index (κ3) is 6.50. The second-order valence-electron chi connectivity index (χ2n) is 4.98. The fraction of sp³-hybridized carbons (Fsp3) is 0.529. The molecular formula is C17H26N2O. The lowest BCUT2D eigenvalue weighted by molar-refractivity contribution is -0.121. The van der Waals surface area contributed by atoms with Crippen molar-refractivity contribution in [2.75, 3.05) is 0 Å². The number of carbonyl (C=O) groups is 1. The van der Waals surface area contributed by atoms with Gasteiger partial charge >= 0.3 is 0 Å². The van der Waals surface area contributed by atoms with Crippen LogP contribution in [0, 0.1) is 0 Å². The Morgan fingerprint density at radius 1 is 1.05 bits per heavy atom. The van der Waals surface area contributed by atoms with E-state index in [0.29, 0.717) is 6.42 Å². The number of hydrogen-bond donors (Lipinski definition) is 1. The van der Waals surface area contributed by atoms with Crippen LogP contribution in [0.3, 0.4) is 0 Å². The lowest BCUT2D eigenvalue weighted by atomic mass is 10.1. The molecule has 0 aliphatic rings. The SMILES string of the molecule is CCCCCCCC(=O)N/N=C(/CC)c1ccccc1. The van der Waals surface area contributed by atoms with Crippen molar-refractivity contribution < 1.29 is 4.79 Å². The second kappa shape index (κ2) is 10.2. The van der Waals surface area contributed by atoms with E-state index in [1.807, 2.05) is 37.3 Å². The maximum atomic E-state index is 11.7. The summed E-state index contributed by atoms with van der Waals surface area (Å²) < 4.78 is 0. The smallest absolute Gasteiger partial charge is 0.240 e. The molecule has 0 aliphatic heterocycles. The third-order valence-electron chi connectivity index (χ3n) is 3.26. The van der Waals surface area contributed by atoms with Crippen molar-refractivity contribution in [2.24, 2.45) is 5.10 Å². The molecule has 110 valence electrons. The molecule has 0 saturated carbocycles. The van der Waals surface area contributed by atoms with Crippen LogP contribution in [0.4, 0.5) is 0 Å². The molecule has 1 rings (SSSR count). The number of nitrogens with zero attached hydrogens (tertiary/aromatic N) is 1. The van der Waals surface area contributed by atoms with Crippen molar-refractivity contribution in [1.82, 2.24) is 5.43 Å². The minimum atomic E-state index is 0.0170. The highest BCUT2D eigenvalue weighted by molar-refractivity contribution is 6.00. The van der Waals surface area contributed by atoms with Crippen molar-refractivity contribution >= 4 is 11.6 Å². The minimum Gasteiger partial charge on any atom is -0.273 e. The zero-order valence-electron chi connectivity index (χ0n) is 12.7. The van der Waals surface area contributed by atoms with Gasteiger partial charge in [-0.3, -0.25) is 4.79 Å². The average Bonchev–Trinajstić information content (AvgIpc) is 2.49. The molecule has 0 spiro atoms. The van der Waals surface area contributed by atoms with E-state index in [1.165, 1.54) is 19.3 Å². The second-order valence-corrected chi connectivity index (χ2v) is 4.98. The van der Waals surface area contributed by atoms with Crippen molar-refractivity contribution in [1.29, 1.82) is 0 Å². The fourth-order valence-corrected chi connectivity index (χ4v) is 2.05. The van der Waals surface area contributed by atoms with Gasteiger partial charge in [0.15, 0.2) is 0 Å². The number of amides is 1. The summed E-state index contributed by atoms with van der Waals surface area (Å²) in [7, 11) is 0. The van der Waals surface area contributed by atoms with Crippen molar-refractivity contribution in [3.8, 4) is 0 Å². The maximum Gasteiger partial charge on any atom is 0.240 e. The molecule has 1 N–H and O–H groups in total. The zero-order chi connectivity index (χ0) is 14.6. The van der Waals surface area contributed by atoms with E-state index < -0.39 is 0 Å². The molecule has 0 aliphatic carbocycles. The summed E-state index contributed by atoms with van der Waals surface area (Å²) in [6.45, 7) is 4.24. The predicted octanol–water partition coefficient (Wildman–Crippen LogP) is 4.28. The van der Waals surface area contributed by atoms with E-state index in [0.717, 1.165) is 30.5 Å². The molecule has 3 nitrogen and oxygen atoms in total. The van der Waals surface area contributed by atoms with E-state index in [9.17, 15) is 4.79 Å². The summed E-state index contributed by atoms with van der Waals surface area (Å²) in [6, 6.07) is 9.97. The molecule has 0 fully saturated rings. The van der Waals surface area contributed by atoms with Gasteiger partial charge < -0.3 is 0 Å². The summed E-state index contributed by atoms with van der Waals surface area (Å²) in [6.07, 6.45) is 7.16. The van der Waals surface area contributed by atoms with E-state index in [-0.39, 0.29) is 5.91 Å². The highest BCUT2D eigenvalue weighted by Gasteiger charge is 2.03. The van der Waals surface area contributed by atoms with Crippen LogP contribution in [-0.4, -0.2) is 11.6 Å². The molecule has 1 aromatic rings. The molecular weight excluding hydrogens is 248 g/mol. The van der Waals surface area contributed by atoms with Gasteiger partial charge in [-0.2, -0.15) is 5.10 Å². The molecule has 0 bridgehead atoms. The van der Waals surface area contributed by atoms with Crippen molar-refractivity contribution in [2.45, 2.75) is 58.8 Å². The largest absolute Gasteiger partial charge is 0.273 e. The monoisotopic (exact) mass is 274 g/mol. The first-order valence-corrected chi connectivity index (χ1v) is 7.68. The van der Waals surface area contributed by atoms with Crippen LogP contribution in [0.15, 0.2) is 35.4 Å². The Labute approximate surface area is 122 Å². The van der Waals surface area contributed by atoms with Crippen LogP contribution in [-0.2, 0) is 4.79 Å². The highest BCUT2D eigenvalue weighted by atomic mass is 16.2. The number of rotatable bonds is 9. The number of unbranched alkanes of at least 4 members (excludes halogenated alkanes) is 4. The maximum absolute atomic E-state index is 11.7. The van der Waals surface area contributed by atoms with Gasteiger partial charge in [-0.1, -0.05) is 69.9 Å². The predicted molar refractivity (Wildman–Crippen MR) is 84.8 cm³/mol. The fourth-order valence-electron chi connectivity index (χ4n) is 2.05. The Morgan fingerprint density at radius 3 is 2.40 bits per heavy atom. The number of benzene rings is 1. The van der Waals surface area contributed by atoms with Gasteiger partial charge in [0.25, 0.3) is 0 Å². The molecule has 0 heterocycles. The number of hydrazone groups is 1. The number of nitrogens with one attached hydrogen (secondary N) is 1. The molecule has 20 heavy (non-hydrogen) atoms. The van der Waals surface area contributed by atoms with E-state index in [2.05, 4.69) is 17.5 Å². The van der Waals surface area contributed by atoms with Gasteiger partial charge in [-0.15, -0.1) is 0 Å². The topological polar surface area (TPSA) is 41.5 Å². The molecule has 0 unspecified atom stereocenters. The van der Waals surface area contributed by atoms with E-state index in [4.69, 9.17) is 0 Å². The number of carbonyl (C=O) groups excluding carboxylic acids is 1. The minimum absolute atomic E-state index is 0.0170. The van der Waals surface area contributed by atoms with Gasteiger partial charge in [-0.25, -0.2) is 5.43 Å². The summed E-state index contributed by atoms with van der Waals surface area (Å²) in [5.41, 5.74) is 4.66. The Balaban J connectivity index is 2.35. The Kier molecular flexibility index (Phi) is 8.36. The molecule has 0 saturated heterocycles. The quantitative estimate of drug-likeness (QED) is 0.407. The van der Waals surface area contributed by atoms with Crippen LogP contribution in [0.1, 0.15) is 64.4 Å². The first-order chi connectivity index (χ1) is 9.77. The Bertz CT molecular complexity index is 412. The van der Waals surface area contributed by atoms with Gasteiger partial charge in [0, 0.05) is 6.42 Å². The van der Waals surface area contributed by atoms with Crippen LogP contribution in [0.25, 0.3) is 0 Å². The summed E-state index contributed by atoms with van der Waals surface area (Å²) in [4.78, 5) is 11.7. The van der Waals surface area contributed by atoms with Crippen LogP contribution < -0.4 is 5.43 Å². The van der Waals surface area contributed by atoms with Crippen molar-refractivity contribution in [3.63, 3.8) is 0 Å². The van der Waals surface area contributed by atoms with E-state index >= 15 is 0 Å².